The third-order valence-corrected chi connectivity index (χ3v) is 5.42. The van der Waals surface area contributed by atoms with Gasteiger partial charge in [-0.25, -0.2) is 14.0 Å². The van der Waals surface area contributed by atoms with Crippen molar-refractivity contribution in [1.29, 1.82) is 0 Å². The molecule has 2 aliphatic heterocycles. The summed E-state index contributed by atoms with van der Waals surface area (Å²) in [6, 6.07) is 0.460. The van der Waals surface area contributed by atoms with Crippen LogP contribution in [0, 0.1) is 5.82 Å². The maximum atomic E-state index is 15.2. The summed E-state index contributed by atoms with van der Waals surface area (Å²) >= 11 is 0. The van der Waals surface area contributed by atoms with Crippen LogP contribution in [0.2, 0.25) is 0 Å². The van der Waals surface area contributed by atoms with E-state index in [1.165, 1.54) is 4.57 Å². The second-order valence-corrected chi connectivity index (χ2v) is 9.00. The summed E-state index contributed by atoms with van der Waals surface area (Å²) in [6.45, 7) is 7.98. The second kappa shape index (κ2) is 7.17. The van der Waals surface area contributed by atoms with Gasteiger partial charge in [-0.3, -0.25) is 9.36 Å². The van der Waals surface area contributed by atoms with E-state index in [9.17, 15) is 14.4 Å². The molecule has 0 aliphatic carbocycles. The molecule has 2 aliphatic rings. The van der Waals surface area contributed by atoms with Crippen LogP contribution >= 0.6 is 0 Å². The van der Waals surface area contributed by atoms with E-state index in [-0.39, 0.29) is 41.0 Å². The molecular formula is C20H26FN5O5. The highest BCUT2D eigenvalue weighted by atomic mass is 19.1. The first-order valence-electron chi connectivity index (χ1n) is 10.1. The molecule has 1 fully saturated rings. The first-order valence-corrected chi connectivity index (χ1v) is 10.1. The highest BCUT2D eigenvalue weighted by molar-refractivity contribution is 5.91. The van der Waals surface area contributed by atoms with Gasteiger partial charge in [-0.15, -0.1) is 0 Å². The number of carbonyl (C=O) groups excluding carboxylic acids is 1. The van der Waals surface area contributed by atoms with Gasteiger partial charge >= 0.3 is 11.8 Å². The molecule has 3 heterocycles. The Morgan fingerprint density at radius 2 is 2.06 bits per heavy atom. The van der Waals surface area contributed by atoms with Crippen LogP contribution in [0.5, 0.6) is 5.75 Å². The van der Waals surface area contributed by atoms with Crippen molar-refractivity contribution in [3.05, 3.63) is 32.7 Å². The highest BCUT2D eigenvalue weighted by Gasteiger charge is 2.34. The molecular weight excluding hydrogens is 409 g/mol. The maximum absolute atomic E-state index is 15.2. The van der Waals surface area contributed by atoms with E-state index in [1.54, 1.807) is 32.6 Å². The number of benzene rings is 1. The van der Waals surface area contributed by atoms with Crippen LogP contribution < -0.4 is 32.0 Å². The molecule has 1 aromatic heterocycles. The molecule has 0 radical (unpaired) electrons. The molecule has 0 bridgehead atoms. The van der Waals surface area contributed by atoms with E-state index in [4.69, 9.17) is 15.3 Å². The lowest BCUT2D eigenvalue weighted by Crippen LogP contribution is -2.47. The fourth-order valence-electron chi connectivity index (χ4n) is 4.11. The van der Waals surface area contributed by atoms with Crippen molar-refractivity contribution in [3.63, 3.8) is 0 Å². The third kappa shape index (κ3) is 3.57. The van der Waals surface area contributed by atoms with Crippen molar-refractivity contribution in [3.8, 4) is 5.75 Å². The molecule has 1 amide bonds. The minimum Gasteiger partial charge on any atom is -0.487 e. The number of halogens is 1. The van der Waals surface area contributed by atoms with Gasteiger partial charge in [-0.2, -0.15) is 4.68 Å². The molecule has 1 aromatic carbocycles. The van der Waals surface area contributed by atoms with Crippen molar-refractivity contribution in [2.75, 3.05) is 30.4 Å². The lowest BCUT2D eigenvalue weighted by Gasteiger charge is -2.30. The van der Waals surface area contributed by atoms with Crippen molar-refractivity contribution in [1.82, 2.24) is 14.6 Å². The molecule has 1 saturated heterocycles. The summed E-state index contributed by atoms with van der Waals surface area (Å²) in [4.78, 5) is 38.9. The topological polar surface area (TPSA) is 121 Å². The van der Waals surface area contributed by atoms with Crippen LogP contribution in [0.3, 0.4) is 0 Å². The van der Waals surface area contributed by atoms with Crippen LogP contribution in [-0.4, -0.2) is 46.7 Å². The number of nitrogens with zero attached hydrogens (tertiary/aromatic N) is 3. The standard InChI is InChI=1S/C20H26FN5O5/c1-10-9-30-16-14-12(17(27)26(22)19(29)25(10)14)7-13(21)15(16)24-6-5-11(8-24)23-18(28)31-20(2,3)4/h7,10-11H,5-6,8-9,22H2,1-4H3,(H,23,28)/t10-,11?/m0/s1. The van der Waals surface area contributed by atoms with Crippen LogP contribution in [0.25, 0.3) is 10.9 Å². The Bertz CT molecular complexity index is 1180. The first kappa shape index (κ1) is 21.0. The van der Waals surface area contributed by atoms with Crippen LogP contribution in [0.15, 0.2) is 15.7 Å². The molecule has 4 rings (SSSR count). The number of alkyl carbamates (subject to hydrolysis) is 1. The summed E-state index contributed by atoms with van der Waals surface area (Å²) in [5.74, 6) is 5.11. The van der Waals surface area contributed by atoms with Gasteiger partial charge in [0.15, 0.2) is 11.6 Å². The molecule has 3 N–H and O–H groups in total. The summed E-state index contributed by atoms with van der Waals surface area (Å²) in [5, 5.41) is 2.78. The minimum absolute atomic E-state index is 0.0208. The van der Waals surface area contributed by atoms with Gasteiger partial charge < -0.3 is 25.5 Å². The average Bonchev–Trinajstić information content (AvgIpc) is 3.10. The maximum Gasteiger partial charge on any atom is 0.407 e. The summed E-state index contributed by atoms with van der Waals surface area (Å²) in [6.07, 6.45) is 0.0334. The Hall–Kier alpha value is -3.24. The molecule has 1 unspecified atom stereocenters. The Morgan fingerprint density at radius 3 is 2.74 bits per heavy atom. The van der Waals surface area contributed by atoms with Gasteiger partial charge in [0.1, 0.15) is 23.4 Å². The lowest BCUT2D eigenvalue weighted by atomic mass is 10.1. The molecule has 10 nitrogen and oxygen atoms in total. The molecule has 0 spiro atoms. The fourth-order valence-corrected chi connectivity index (χ4v) is 4.11. The Morgan fingerprint density at radius 1 is 1.35 bits per heavy atom. The third-order valence-electron chi connectivity index (χ3n) is 5.42. The van der Waals surface area contributed by atoms with E-state index >= 15 is 4.39 Å². The van der Waals surface area contributed by atoms with E-state index in [0.29, 0.717) is 24.2 Å². The van der Waals surface area contributed by atoms with Crippen LogP contribution in [-0.2, 0) is 4.74 Å². The zero-order valence-corrected chi connectivity index (χ0v) is 17.9. The summed E-state index contributed by atoms with van der Waals surface area (Å²) in [5.41, 5.74) is -1.70. The van der Waals surface area contributed by atoms with Gasteiger partial charge in [0, 0.05) is 13.1 Å². The highest BCUT2D eigenvalue weighted by Crippen LogP contribution is 2.41. The number of nitrogens with one attached hydrogen (secondary N) is 1. The number of amides is 1. The van der Waals surface area contributed by atoms with E-state index in [2.05, 4.69) is 5.32 Å². The van der Waals surface area contributed by atoms with E-state index in [1.807, 2.05) is 0 Å². The quantitative estimate of drug-likeness (QED) is 0.677. The number of hydrogen-bond donors (Lipinski definition) is 2. The predicted octanol–water partition coefficient (Wildman–Crippen LogP) is 1.07. The summed E-state index contributed by atoms with van der Waals surface area (Å²) < 4.78 is 28.2. The van der Waals surface area contributed by atoms with Crippen molar-refractivity contribution >= 4 is 22.7 Å². The van der Waals surface area contributed by atoms with Crippen LogP contribution in [0.1, 0.15) is 40.2 Å². The minimum atomic E-state index is -0.786. The fraction of sp³-hybridized carbons (Fsp3) is 0.550. The van der Waals surface area contributed by atoms with Crippen molar-refractivity contribution in [2.24, 2.45) is 0 Å². The first-order chi connectivity index (χ1) is 14.5. The number of aromatic nitrogens is 2. The number of anilines is 1. The number of nitrogen functional groups attached to an aromatic ring is 1. The van der Waals surface area contributed by atoms with Gasteiger partial charge in [0.25, 0.3) is 5.56 Å². The molecule has 31 heavy (non-hydrogen) atoms. The Balaban J connectivity index is 1.73. The van der Waals surface area contributed by atoms with Gasteiger partial charge in [-0.1, -0.05) is 0 Å². The van der Waals surface area contributed by atoms with Crippen LogP contribution in [0.4, 0.5) is 14.9 Å². The lowest BCUT2D eigenvalue weighted by molar-refractivity contribution is 0.0509. The number of carbonyl (C=O) groups is 1. The predicted molar refractivity (Wildman–Crippen MR) is 113 cm³/mol. The monoisotopic (exact) mass is 435 g/mol. The van der Waals surface area contributed by atoms with E-state index in [0.717, 1.165) is 6.07 Å². The van der Waals surface area contributed by atoms with Gasteiger partial charge in [0.05, 0.1) is 17.5 Å². The zero-order valence-electron chi connectivity index (χ0n) is 17.9. The zero-order chi connectivity index (χ0) is 22.7. The number of rotatable bonds is 2. The Labute approximate surface area is 177 Å². The van der Waals surface area contributed by atoms with Crippen molar-refractivity contribution < 1.29 is 18.7 Å². The smallest absolute Gasteiger partial charge is 0.407 e. The van der Waals surface area contributed by atoms with Crippen molar-refractivity contribution in [2.45, 2.75) is 51.8 Å². The number of ether oxygens (including phenoxy) is 2. The number of hydrogen-bond acceptors (Lipinski definition) is 7. The summed E-state index contributed by atoms with van der Waals surface area (Å²) in [7, 11) is 0. The SMILES string of the molecule is C[C@H]1COc2c(N3CCC(NC(=O)OC(C)(C)C)C3)c(F)cc3c(=O)n(N)c(=O)n1c23. The normalized spacial score (nSPS) is 20.6. The molecule has 11 heteroatoms. The van der Waals surface area contributed by atoms with E-state index < -0.39 is 28.8 Å². The second-order valence-electron chi connectivity index (χ2n) is 9.00. The Kier molecular flexibility index (Phi) is 4.86. The van der Waals surface area contributed by atoms with Gasteiger partial charge in [-0.05, 0) is 40.2 Å². The molecule has 0 saturated carbocycles. The molecule has 2 atom stereocenters. The average molecular weight is 435 g/mol. The largest absolute Gasteiger partial charge is 0.487 e. The van der Waals surface area contributed by atoms with Gasteiger partial charge in [0.2, 0.25) is 0 Å². The number of nitrogens with two attached hydrogens (primary N) is 1. The molecule has 168 valence electrons. The molecule has 2 aromatic rings.